The van der Waals surface area contributed by atoms with Crippen LogP contribution in [0.5, 0.6) is 0 Å². The molecule has 25 heavy (non-hydrogen) atoms. The zero-order chi connectivity index (χ0) is 17.4. The number of hydrogen-bond acceptors (Lipinski definition) is 4. The van der Waals surface area contributed by atoms with E-state index in [1.165, 1.54) is 0 Å². The van der Waals surface area contributed by atoms with E-state index in [2.05, 4.69) is 38.9 Å². The average Bonchev–Trinajstić information content (AvgIpc) is 3.05. The molecule has 0 radical (unpaired) electrons. The highest BCUT2D eigenvalue weighted by Gasteiger charge is 2.16. The Morgan fingerprint density at radius 2 is 1.92 bits per heavy atom. The first-order valence-electron chi connectivity index (χ1n) is 8.36. The first-order chi connectivity index (χ1) is 12.1. The summed E-state index contributed by atoms with van der Waals surface area (Å²) in [6.45, 7) is 4.10. The summed E-state index contributed by atoms with van der Waals surface area (Å²) in [4.78, 5) is 23.7. The Balaban J connectivity index is 1.66. The number of aromatic carboxylic acids is 1. The van der Waals surface area contributed by atoms with Crippen LogP contribution in [0.25, 0.3) is 22.2 Å². The third-order valence-corrected chi connectivity index (χ3v) is 4.74. The molecule has 1 aliphatic rings. The number of rotatable bonds is 3. The second-order valence-electron chi connectivity index (χ2n) is 6.49. The molecule has 0 bridgehead atoms. The molecule has 1 saturated heterocycles. The van der Waals surface area contributed by atoms with E-state index in [1.54, 1.807) is 24.4 Å². The van der Waals surface area contributed by atoms with Crippen molar-refractivity contribution in [2.45, 2.75) is 0 Å². The summed E-state index contributed by atoms with van der Waals surface area (Å²) < 4.78 is 0. The SMILES string of the molecule is CN1CCN(c2cc3cc(-c4cccc(C(=O)O)c4)cnc3[nH]2)CC1. The Bertz CT molecular complexity index is 926. The van der Waals surface area contributed by atoms with Crippen molar-refractivity contribution in [1.82, 2.24) is 14.9 Å². The summed E-state index contributed by atoms with van der Waals surface area (Å²) in [7, 11) is 2.14. The molecule has 0 aliphatic carbocycles. The molecule has 128 valence electrons. The molecule has 6 heteroatoms. The van der Waals surface area contributed by atoms with Crippen LogP contribution in [0.3, 0.4) is 0 Å². The van der Waals surface area contributed by atoms with Crippen LogP contribution >= 0.6 is 0 Å². The molecule has 2 aromatic heterocycles. The van der Waals surface area contributed by atoms with Crippen molar-refractivity contribution in [2.24, 2.45) is 0 Å². The highest BCUT2D eigenvalue weighted by molar-refractivity contribution is 5.90. The lowest BCUT2D eigenvalue weighted by atomic mass is 10.0. The van der Waals surface area contributed by atoms with Crippen molar-refractivity contribution < 1.29 is 9.90 Å². The minimum Gasteiger partial charge on any atom is -0.478 e. The highest BCUT2D eigenvalue weighted by atomic mass is 16.4. The Labute approximate surface area is 145 Å². The van der Waals surface area contributed by atoms with Crippen LogP contribution in [0.15, 0.2) is 42.6 Å². The fourth-order valence-corrected chi connectivity index (χ4v) is 3.21. The largest absolute Gasteiger partial charge is 0.478 e. The van der Waals surface area contributed by atoms with Gasteiger partial charge in [0.05, 0.1) is 5.56 Å². The van der Waals surface area contributed by atoms with Crippen LogP contribution in [0.1, 0.15) is 10.4 Å². The summed E-state index contributed by atoms with van der Waals surface area (Å²) in [5.74, 6) is 0.168. The third kappa shape index (κ3) is 3.08. The Morgan fingerprint density at radius 3 is 2.68 bits per heavy atom. The van der Waals surface area contributed by atoms with Gasteiger partial charge in [-0.05, 0) is 36.9 Å². The maximum atomic E-state index is 11.2. The van der Waals surface area contributed by atoms with Gasteiger partial charge in [-0.25, -0.2) is 9.78 Å². The quantitative estimate of drug-likeness (QED) is 0.769. The molecule has 3 heterocycles. The van der Waals surface area contributed by atoms with Gasteiger partial charge in [-0.15, -0.1) is 0 Å². The number of nitrogens with zero attached hydrogens (tertiary/aromatic N) is 3. The van der Waals surface area contributed by atoms with Crippen molar-refractivity contribution in [3.63, 3.8) is 0 Å². The molecule has 0 spiro atoms. The van der Waals surface area contributed by atoms with Crippen LogP contribution in [0, 0.1) is 0 Å². The second-order valence-corrected chi connectivity index (χ2v) is 6.49. The Morgan fingerprint density at radius 1 is 1.12 bits per heavy atom. The summed E-state index contributed by atoms with van der Waals surface area (Å²) in [6.07, 6.45) is 1.79. The molecule has 6 nitrogen and oxygen atoms in total. The normalized spacial score (nSPS) is 15.6. The van der Waals surface area contributed by atoms with Gasteiger partial charge in [-0.2, -0.15) is 0 Å². The number of aromatic nitrogens is 2. The molecule has 1 fully saturated rings. The number of carboxylic acid groups (broad SMARTS) is 1. The molecular formula is C19H20N4O2. The van der Waals surface area contributed by atoms with Gasteiger partial charge < -0.3 is 19.9 Å². The van der Waals surface area contributed by atoms with Gasteiger partial charge in [0.2, 0.25) is 0 Å². The van der Waals surface area contributed by atoms with Gasteiger partial charge in [0.15, 0.2) is 0 Å². The van der Waals surface area contributed by atoms with Crippen LogP contribution < -0.4 is 4.90 Å². The van der Waals surface area contributed by atoms with Gasteiger partial charge in [0.1, 0.15) is 11.5 Å². The van der Waals surface area contributed by atoms with E-state index in [1.807, 2.05) is 6.07 Å². The van der Waals surface area contributed by atoms with Crippen molar-refractivity contribution >= 4 is 22.8 Å². The number of aromatic amines is 1. The first-order valence-corrected chi connectivity index (χ1v) is 8.36. The van der Waals surface area contributed by atoms with Gasteiger partial charge in [0, 0.05) is 43.3 Å². The number of piperazine rings is 1. The van der Waals surface area contributed by atoms with Crippen LogP contribution in [-0.4, -0.2) is 59.2 Å². The third-order valence-electron chi connectivity index (χ3n) is 4.74. The lowest BCUT2D eigenvalue weighted by Gasteiger charge is -2.32. The number of hydrogen-bond donors (Lipinski definition) is 2. The molecule has 2 N–H and O–H groups in total. The molecule has 0 unspecified atom stereocenters. The van der Waals surface area contributed by atoms with Crippen LogP contribution in [-0.2, 0) is 0 Å². The molecule has 1 aromatic carbocycles. The molecule has 3 aromatic rings. The molecule has 1 aliphatic heterocycles. The monoisotopic (exact) mass is 336 g/mol. The lowest BCUT2D eigenvalue weighted by molar-refractivity contribution is 0.0697. The van der Waals surface area contributed by atoms with Gasteiger partial charge in [0.25, 0.3) is 0 Å². The summed E-state index contributed by atoms with van der Waals surface area (Å²) in [5.41, 5.74) is 2.91. The van der Waals surface area contributed by atoms with E-state index in [0.717, 1.165) is 54.2 Å². The van der Waals surface area contributed by atoms with Crippen LogP contribution in [0.4, 0.5) is 5.82 Å². The van der Waals surface area contributed by atoms with Crippen molar-refractivity contribution in [3.8, 4) is 11.1 Å². The number of H-pyrrole nitrogens is 1. The Hall–Kier alpha value is -2.86. The van der Waals surface area contributed by atoms with Crippen LogP contribution in [0.2, 0.25) is 0 Å². The highest BCUT2D eigenvalue weighted by Crippen LogP contribution is 2.27. The molecular weight excluding hydrogens is 316 g/mol. The number of anilines is 1. The van der Waals surface area contributed by atoms with E-state index < -0.39 is 5.97 Å². The van der Waals surface area contributed by atoms with E-state index in [0.29, 0.717) is 0 Å². The second kappa shape index (κ2) is 6.22. The van der Waals surface area contributed by atoms with Crippen molar-refractivity contribution in [2.75, 3.05) is 38.1 Å². The molecule has 4 rings (SSSR count). The summed E-state index contributed by atoms with van der Waals surface area (Å²) in [6, 6.07) is 11.1. The summed E-state index contributed by atoms with van der Waals surface area (Å²) in [5, 5.41) is 10.2. The zero-order valence-electron chi connectivity index (χ0n) is 14.1. The van der Waals surface area contributed by atoms with Gasteiger partial charge in [-0.1, -0.05) is 12.1 Å². The van der Waals surface area contributed by atoms with E-state index >= 15 is 0 Å². The Kier molecular flexibility index (Phi) is 3.89. The number of nitrogens with one attached hydrogen (secondary N) is 1. The topological polar surface area (TPSA) is 72.5 Å². The van der Waals surface area contributed by atoms with E-state index in [-0.39, 0.29) is 5.56 Å². The number of fused-ring (bicyclic) bond motifs is 1. The van der Waals surface area contributed by atoms with E-state index in [4.69, 9.17) is 5.11 Å². The fraction of sp³-hybridized carbons (Fsp3) is 0.263. The first kappa shape index (κ1) is 15.7. The maximum absolute atomic E-state index is 11.2. The molecule has 0 atom stereocenters. The zero-order valence-corrected chi connectivity index (χ0v) is 14.1. The summed E-state index contributed by atoms with van der Waals surface area (Å²) >= 11 is 0. The fourth-order valence-electron chi connectivity index (χ4n) is 3.21. The number of carbonyl (C=O) groups is 1. The van der Waals surface area contributed by atoms with Gasteiger partial charge in [-0.3, -0.25) is 0 Å². The number of benzene rings is 1. The van der Waals surface area contributed by atoms with Crippen molar-refractivity contribution in [3.05, 3.63) is 48.2 Å². The molecule has 0 saturated carbocycles. The standard InChI is InChI=1S/C19H20N4O2/c1-22-5-7-23(8-6-22)17-11-15-10-16(12-20-18(15)21-17)13-3-2-4-14(9-13)19(24)25/h2-4,9-12H,5-8H2,1H3,(H,20,21)(H,24,25). The minimum absolute atomic E-state index is 0.282. The lowest BCUT2D eigenvalue weighted by Crippen LogP contribution is -2.44. The predicted molar refractivity (Wildman–Crippen MR) is 98.2 cm³/mol. The van der Waals surface area contributed by atoms with Gasteiger partial charge >= 0.3 is 5.97 Å². The number of carboxylic acids is 1. The minimum atomic E-state index is -0.921. The maximum Gasteiger partial charge on any atom is 0.335 e. The molecule has 0 amide bonds. The average molecular weight is 336 g/mol. The van der Waals surface area contributed by atoms with Crippen molar-refractivity contribution in [1.29, 1.82) is 0 Å². The smallest absolute Gasteiger partial charge is 0.335 e. The number of likely N-dealkylation sites (N-methyl/N-ethyl adjacent to an activating group) is 1. The van der Waals surface area contributed by atoms with E-state index in [9.17, 15) is 4.79 Å². The predicted octanol–water partition coefficient (Wildman–Crippen LogP) is 2.68. The number of pyridine rings is 1.